The van der Waals surface area contributed by atoms with Crippen molar-refractivity contribution in [3.05, 3.63) is 102 Å². The summed E-state index contributed by atoms with van der Waals surface area (Å²) in [6, 6.07) is 30.1. The summed E-state index contributed by atoms with van der Waals surface area (Å²) in [6.45, 7) is 1.27. The lowest BCUT2D eigenvalue weighted by molar-refractivity contribution is 0.306. The SMILES string of the molecule is O=S1(=O)C[C@H]2[C@H](C1)N(Cc1ccccc1)C(=Nc1ccccc1)N2Cc1ccccc1. The van der Waals surface area contributed by atoms with E-state index in [4.69, 9.17) is 4.99 Å². The molecule has 0 N–H and O–H groups in total. The van der Waals surface area contributed by atoms with Gasteiger partial charge in [0.1, 0.15) is 0 Å². The minimum atomic E-state index is -3.09. The van der Waals surface area contributed by atoms with E-state index in [1.165, 1.54) is 0 Å². The topological polar surface area (TPSA) is 53.0 Å². The molecule has 5 rings (SSSR count). The fraction of sp³-hybridized carbons (Fsp3) is 0.240. The number of rotatable bonds is 5. The number of guanidine groups is 1. The monoisotopic (exact) mass is 431 g/mol. The first-order chi connectivity index (χ1) is 15.1. The zero-order chi connectivity index (χ0) is 21.3. The first-order valence-electron chi connectivity index (χ1n) is 10.5. The van der Waals surface area contributed by atoms with E-state index in [0.29, 0.717) is 13.1 Å². The van der Waals surface area contributed by atoms with Crippen LogP contribution in [0.4, 0.5) is 5.69 Å². The number of benzene rings is 3. The summed E-state index contributed by atoms with van der Waals surface area (Å²) in [6.07, 6.45) is 0. The highest BCUT2D eigenvalue weighted by Gasteiger charge is 2.52. The third-order valence-corrected chi connectivity index (χ3v) is 7.68. The van der Waals surface area contributed by atoms with E-state index in [2.05, 4.69) is 34.1 Å². The maximum atomic E-state index is 12.6. The Balaban J connectivity index is 1.58. The Labute approximate surface area is 183 Å². The summed E-state index contributed by atoms with van der Waals surface area (Å²) in [5.41, 5.74) is 3.16. The maximum Gasteiger partial charge on any atom is 0.203 e. The second kappa shape index (κ2) is 8.19. The van der Waals surface area contributed by atoms with Crippen molar-refractivity contribution in [3.8, 4) is 0 Å². The average molecular weight is 432 g/mol. The molecule has 0 radical (unpaired) electrons. The Morgan fingerprint density at radius 1 is 0.677 bits per heavy atom. The van der Waals surface area contributed by atoms with Gasteiger partial charge in [-0.3, -0.25) is 0 Å². The van der Waals surface area contributed by atoms with Crippen LogP contribution in [0.1, 0.15) is 11.1 Å². The van der Waals surface area contributed by atoms with Gasteiger partial charge in [-0.15, -0.1) is 0 Å². The van der Waals surface area contributed by atoms with Gasteiger partial charge in [0.2, 0.25) is 5.96 Å². The summed E-state index contributed by atoms with van der Waals surface area (Å²) < 4.78 is 25.2. The molecule has 6 heteroatoms. The number of aliphatic imine (C=N–C) groups is 1. The van der Waals surface area contributed by atoms with E-state index >= 15 is 0 Å². The minimum absolute atomic E-state index is 0.101. The van der Waals surface area contributed by atoms with Crippen LogP contribution < -0.4 is 0 Å². The standard InChI is InChI=1S/C25H25N3O2S/c29-31(30)18-23-24(19-31)28(17-21-12-6-2-7-13-21)25(26-22-14-8-3-9-15-22)27(23)16-20-10-4-1-5-11-20/h1-15,23-24H,16-19H2/t23-,24-/m0/s1. The van der Waals surface area contributed by atoms with E-state index in [1.54, 1.807) is 0 Å². The molecule has 0 unspecified atom stereocenters. The fourth-order valence-electron chi connectivity index (χ4n) is 4.55. The summed E-state index contributed by atoms with van der Waals surface area (Å²) in [7, 11) is -3.09. The predicted molar refractivity (Wildman–Crippen MR) is 124 cm³/mol. The highest BCUT2D eigenvalue weighted by Crippen LogP contribution is 2.34. The zero-order valence-corrected chi connectivity index (χ0v) is 18.0. The number of fused-ring (bicyclic) bond motifs is 1. The van der Waals surface area contributed by atoms with E-state index < -0.39 is 9.84 Å². The molecule has 0 spiro atoms. The molecule has 2 saturated heterocycles. The molecule has 2 aliphatic rings. The van der Waals surface area contributed by atoms with Gasteiger partial charge in [0.25, 0.3) is 0 Å². The molecule has 2 fully saturated rings. The van der Waals surface area contributed by atoms with Gasteiger partial charge in [-0.2, -0.15) is 0 Å². The van der Waals surface area contributed by atoms with E-state index in [-0.39, 0.29) is 23.6 Å². The number of para-hydroxylation sites is 1. The lowest BCUT2D eigenvalue weighted by Gasteiger charge is -2.27. The second-order valence-corrected chi connectivity index (χ2v) is 10.3. The lowest BCUT2D eigenvalue weighted by atomic mass is 10.1. The van der Waals surface area contributed by atoms with Crippen LogP contribution in [-0.2, 0) is 22.9 Å². The van der Waals surface area contributed by atoms with Crippen LogP contribution in [0.25, 0.3) is 0 Å². The third kappa shape index (κ3) is 4.21. The minimum Gasteiger partial charge on any atom is -0.332 e. The molecule has 2 heterocycles. The Morgan fingerprint density at radius 3 is 1.55 bits per heavy atom. The molecule has 5 nitrogen and oxygen atoms in total. The zero-order valence-electron chi connectivity index (χ0n) is 17.2. The van der Waals surface area contributed by atoms with Crippen LogP contribution in [-0.4, -0.2) is 47.8 Å². The van der Waals surface area contributed by atoms with Crippen molar-refractivity contribution in [2.24, 2.45) is 4.99 Å². The highest BCUT2D eigenvalue weighted by molar-refractivity contribution is 7.91. The van der Waals surface area contributed by atoms with Crippen molar-refractivity contribution in [3.63, 3.8) is 0 Å². The Kier molecular flexibility index (Phi) is 5.24. The van der Waals surface area contributed by atoms with Gasteiger partial charge in [0.15, 0.2) is 9.84 Å². The maximum absolute atomic E-state index is 12.6. The average Bonchev–Trinajstić information content (AvgIpc) is 3.22. The first kappa shape index (κ1) is 19.8. The van der Waals surface area contributed by atoms with Crippen molar-refractivity contribution in [2.75, 3.05) is 11.5 Å². The second-order valence-electron chi connectivity index (χ2n) is 8.19. The molecule has 31 heavy (non-hydrogen) atoms. The molecule has 158 valence electrons. The number of nitrogens with zero attached hydrogens (tertiary/aromatic N) is 3. The normalized spacial score (nSPS) is 21.9. The van der Waals surface area contributed by atoms with E-state index in [1.807, 2.05) is 66.7 Å². The van der Waals surface area contributed by atoms with Gasteiger partial charge in [0, 0.05) is 13.1 Å². The molecule has 2 atom stereocenters. The molecule has 3 aromatic carbocycles. The molecule has 0 saturated carbocycles. The molecule has 0 aromatic heterocycles. The number of hydrogen-bond acceptors (Lipinski definition) is 3. The molecular weight excluding hydrogens is 406 g/mol. The molecule has 0 aliphatic carbocycles. The highest BCUT2D eigenvalue weighted by atomic mass is 32.2. The largest absolute Gasteiger partial charge is 0.332 e. The lowest BCUT2D eigenvalue weighted by Crippen LogP contribution is -2.38. The number of hydrogen-bond donors (Lipinski definition) is 0. The van der Waals surface area contributed by atoms with Crippen LogP contribution in [0.2, 0.25) is 0 Å². The molecule has 0 amide bonds. The van der Waals surface area contributed by atoms with Crippen LogP contribution in [0.5, 0.6) is 0 Å². The van der Waals surface area contributed by atoms with Crippen molar-refractivity contribution in [1.29, 1.82) is 0 Å². The summed E-state index contributed by atoms with van der Waals surface area (Å²) in [5, 5.41) is 0. The van der Waals surface area contributed by atoms with Crippen LogP contribution in [0.3, 0.4) is 0 Å². The molecule has 0 bridgehead atoms. The smallest absolute Gasteiger partial charge is 0.203 e. The van der Waals surface area contributed by atoms with Gasteiger partial charge in [0.05, 0.1) is 29.3 Å². The summed E-state index contributed by atoms with van der Waals surface area (Å²) >= 11 is 0. The third-order valence-electron chi connectivity index (χ3n) is 5.98. The Hall–Kier alpha value is -3.12. The van der Waals surface area contributed by atoms with Crippen molar-refractivity contribution >= 4 is 21.5 Å². The molecular formula is C25H25N3O2S. The van der Waals surface area contributed by atoms with Crippen LogP contribution in [0.15, 0.2) is 96.0 Å². The predicted octanol–water partition coefficient (Wildman–Crippen LogP) is 3.86. The van der Waals surface area contributed by atoms with E-state index in [9.17, 15) is 8.42 Å². The van der Waals surface area contributed by atoms with Gasteiger partial charge in [-0.25, -0.2) is 13.4 Å². The molecule has 2 aliphatic heterocycles. The van der Waals surface area contributed by atoms with Crippen LogP contribution in [0, 0.1) is 0 Å². The number of sulfone groups is 1. The van der Waals surface area contributed by atoms with Crippen molar-refractivity contribution < 1.29 is 8.42 Å². The summed E-state index contributed by atoms with van der Waals surface area (Å²) in [4.78, 5) is 9.41. The first-order valence-corrected chi connectivity index (χ1v) is 12.4. The van der Waals surface area contributed by atoms with E-state index in [0.717, 1.165) is 22.8 Å². The van der Waals surface area contributed by atoms with Crippen molar-refractivity contribution in [1.82, 2.24) is 9.80 Å². The fourth-order valence-corrected chi connectivity index (χ4v) is 6.53. The quantitative estimate of drug-likeness (QED) is 0.616. The van der Waals surface area contributed by atoms with Gasteiger partial charge in [-0.05, 0) is 23.3 Å². The Bertz CT molecular complexity index is 1100. The van der Waals surface area contributed by atoms with Crippen LogP contribution >= 0.6 is 0 Å². The Morgan fingerprint density at radius 2 is 1.10 bits per heavy atom. The van der Waals surface area contributed by atoms with Gasteiger partial charge in [-0.1, -0.05) is 78.9 Å². The van der Waals surface area contributed by atoms with Crippen molar-refractivity contribution in [2.45, 2.75) is 25.2 Å². The summed E-state index contributed by atoms with van der Waals surface area (Å²) in [5.74, 6) is 1.19. The van der Waals surface area contributed by atoms with Gasteiger partial charge < -0.3 is 9.80 Å². The van der Waals surface area contributed by atoms with Gasteiger partial charge >= 0.3 is 0 Å². The molecule has 3 aromatic rings.